The topological polar surface area (TPSA) is 16.8 Å². The minimum absolute atomic E-state index is 0.514. The number of halogens is 1. The van der Waals surface area contributed by atoms with Crippen molar-refractivity contribution >= 4 is 11.6 Å². The molecule has 0 fully saturated rings. The normalized spacial score (nSPS) is 9.67. The molecule has 1 rings (SSSR count). The van der Waals surface area contributed by atoms with Gasteiger partial charge in [-0.2, -0.15) is 0 Å². The molecule has 0 aliphatic rings. The van der Waals surface area contributed by atoms with Gasteiger partial charge >= 0.3 is 5.28 Å². The first kappa shape index (κ1) is 6.49. The number of nitrogens with zero attached hydrogens (tertiary/aromatic N) is 2. The zero-order valence-corrected chi connectivity index (χ0v) is 6.18. The van der Waals surface area contributed by atoms with Crippen LogP contribution in [0.1, 0.15) is 5.56 Å². The number of aromatic nitrogens is 2. The molecule has 0 saturated heterocycles. The van der Waals surface area contributed by atoms with Crippen molar-refractivity contribution < 1.29 is 4.57 Å². The van der Waals surface area contributed by atoms with Crippen LogP contribution >= 0.6 is 11.6 Å². The first-order chi connectivity index (χ1) is 4.20. The van der Waals surface area contributed by atoms with E-state index in [0.717, 1.165) is 5.56 Å². The summed E-state index contributed by atoms with van der Waals surface area (Å²) in [5.41, 5.74) is 1.11. The molecule has 0 aliphatic heterocycles. The zero-order valence-electron chi connectivity index (χ0n) is 5.43. The van der Waals surface area contributed by atoms with Crippen LogP contribution in [-0.2, 0) is 7.05 Å². The minimum Gasteiger partial charge on any atom is -0.223 e. The fourth-order valence-corrected chi connectivity index (χ4v) is 0.736. The Balaban J connectivity index is 3.17. The van der Waals surface area contributed by atoms with Gasteiger partial charge in [-0.15, -0.1) is 0 Å². The van der Waals surface area contributed by atoms with Crippen LogP contribution in [0.15, 0.2) is 12.4 Å². The summed E-state index contributed by atoms with van der Waals surface area (Å²) in [5.74, 6) is 0. The second-order valence-corrected chi connectivity index (χ2v) is 2.35. The molecular weight excluding hydrogens is 136 g/mol. The summed E-state index contributed by atoms with van der Waals surface area (Å²) in [6.07, 6.45) is 3.66. The Hall–Kier alpha value is -0.630. The van der Waals surface area contributed by atoms with Gasteiger partial charge in [0.15, 0.2) is 0 Å². The van der Waals surface area contributed by atoms with E-state index < -0.39 is 0 Å². The Kier molecular flexibility index (Phi) is 1.67. The van der Waals surface area contributed by atoms with Gasteiger partial charge in [0.05, 0.1) is 13.2 Å². The van der Waals surface area contributed by atoms with Crippen molar-refractivity contribution in [3.8, 4) is 0 Å². The highest BCUT2D eigenvalue weighted by molar-refractivity contribution is 6.27. The maximum Gasteiger partial charge on any atom is 0.395 e. The van der Waals surface area contributed by atoms with Gasteiger partial charge < -0.3 is 0 Å². The highest BCUT2D eigenvalue weighted by atomic mass is 35.5. The smallest absolute Gasteiger partial charge is 0.223 e. The largest absolute Gasteiger partial charge is 0.395 e. The summed E-state index contributed by atoms with van der Waals surface area (Å²) in [6, 6.07) is 0. The van der Waals surface area contributed by atoms with Gasteiger partial charge in [0.1, 0.15) is 6.20 Å². The standard InChI is InChI=1S/C6H8ClN2/c1-5-3-8-6(7)9(2)4-5/h3-4H,1-2H3/q+1. The minimum atomic E-state index is 0.514. The van der Waals surface area contributed by atoms with Crippen molar-refractivity contribution in [2.75, 3.05) is 0 Å². The second-order valence-electron chi connectivity index (χ2n) is 2.01. The Morgan fingerprint density at radius 3 is 2.78 bits per heavy atom. The molecule has 0 N–H and O–H groups in total. The van der Waals surface area contributed by atoms with E-state index >= 15 is 0 Å². The molecular formula is C6H8ClN2+. The highest BCUT2D eigenvalue weighted by Gasteiger charge is 2.02. The first-order valence-electron chi connectivity index (χ1n) is 2.68. The summed E-state index contributed by atoms with van der Waals surface area (Å²) in [5, 5.41) is 0.514. The lowest BCUT2D eigenvalue weighted by molar-refractivity contribution is -0.672. The molecule has 0 bridgehead atoms. The molecule has 3 heteroatoms. The van der Waals surface area contributed by atoms with Crippen molar-refractivity contribution in [2.24, 2.45) is 7.05 Å². The predicted octanol–water partition coefficient (Wildman–Crippen LogP) is 0.868. The van der Waals surface area contributed by atoms with Gasteiger partial charge in [-0.05, 0) is 11.9 Å². The molecule has 0 amide bonds. The predicted molar refractivity (Wildman–Crippen MR) is 35.2 cm³/mol. The van der Waals surface area contributed by atoms with Crippen molar-refractivity contribution in [1.29, 1.82) is 0 Å². The molecule has 0 saturated carbocycles. The highest BCUT2D eigenvalue weighted by Crippen LogP contribution is 1.94. The lowest BCUT2D eigenvalue weighted by Crippen LogP contribution is -2.30. The number of aryl methyl sites for hydroxylation is 2. The Bertz CT molecular complexity index is 222. The van der Waals surface area contributed by atoms with E-state index in [1.807, 2.05) is 20.2 Å². The van der Waals surface area contributed by atoms with Crippen molar-refractivity contribution in [1.82, 2.24) is 4.98 Å². The van der Waals surface area contributed by atoms with Crippen LogP contribution in [0.25, 0.3) is 0 Å². The molecule has 0 spiro atoms. The van der Waals surface area contributed by atoms with Crippen LogP contribution in [0.5, 0.6) is 0 Å². The fourth-order valence-electron chi connectivity index (χ4n) is 0.638. The molecule has 1 aromatic heterocycles. The SMILES string of the molecule is Cc1cnc(Cl)[n+](C)c1. The van der Waals surface area contributed by atoms with Crippen LogP contribution < -0.4 is 4.57 Å². The monoisotopic (exact) mass is 143 g/mol. The molecule has 0 unspecified atom stereocenters. The van der Waals surface area contributed by atoms with Gasteiger partial charge in [-0.1, -0.05) is 0 Å². The number of rotatable bonds is 0. The molecule has 9 heavy (non-hydrogen) atoms. The van der Waals surface area contributed by atoms with Crippen molar-refractivity contribution in [3.05, 3.63) is 23.2 Å². The van der Waals surface area contributed by atoms with Gasteiger partial charge in [-0.3, -0.25) is 0 Å². The van der Waals surface area contributed by atoms with E-state index in [4.69, 9.17) is 11.6 Å². The lowest BCUT2D eigenvalue weighted by Gasteiger charge is -1.89. The van der Waals surface area contributed by atoms with Crippen LogP contribution in [0.2, 0.25) is 5.28 Å². The number of hydrogen-bond donors (Lipinski definition) is 0. The lowest BCUT2D eigenvalue weighted by atomic mass is 10.4. The van der Waals surface area contributed by atoms with Gasteiger partial charge in [-0.25, -0.2) is 4.57 Å². The van der Waals surface area contributed by atoms with Crippen molar-refractivity contribution in [3.63, 3.8) is 0 Å². The zero-order chi connectivity index (χ0) is 6.85. The molecule has 1 aromatic rings. The molecule has 0 atom stereocenters. The second kappa shape index (κ2) is 2.31. The molecule has 0 radical (unpaired) electrons. The molecule has 0 aliphatic carbocycles. The maximum atomic E-state index is 5.63. The third-order valence-electron chi connectivity index (χ3n) is 1.06. The summed E-state index contributed by atoms with van der Waals surface area (Å²) < 4.78 is 1.77. The quantitative estimate of drug-likeness (QED) is 0.389. The maximum absolute atomic E-state index is 5.63. The Morgan fingerprint density at radius 2 is 2.33 bits per heavy atom. The fraction of sp³-hybridized carbons (Fsp3) is 0.333. The van der Waals surface area contributed by atoms with Gasteiger partial charge in [0, 0.05) is 17.2 Å². The van der Waals surface area contributed by atoms with Crippen LogP contribution in [0.4, 0.5) is 0 Å². The van der Waals surface area contributed by atoms with E-state index in [1.165, 1.54) is 0 Å². The van der Waals surface area contributed by atoms with Crippen molar-refractivity contribution in [2.45, 2.75) is 6.92 Å². The molecule has 1 heterocycles. The van der Waals surface area contributed by atoms with Crippen LogP contribution in [0.3, 0.4) is 0 Å². The summed E-state index contributed by atoms with van der Waals surface area (Å²) in [6.45, 7) is 1.98. The van der Waals surface area contributed by atoms with E-state index in [2.05, 4.69) is 4.98 Å². The molecule has 2 nitrogen and oxygen atoms in total. The third kappa shape index (κ3) is 1.39. The Morgan fingerprint density at radius 1 is 1.67 bits per heavy atom. The van der Waals surface area contributed by atoms with E-state index in [1.54, 1.807) is 10.8 Å². The van der Waals surface area contributed by atoms with E-state index in [0.29, 0.717) is 5.28 Å². The summed E-state index contributed by atoms with van der Waals surface area (Å²) >= 11 is 5.63. The van der Waals surface area contributed by atoms with Crippen LogP contribution in [-0.4, -0.2) is 4.98 Å². The summed E-state index contributed by atoms with van der Waals surface area (Å²) in [7, 11) is 1.86. The molecule has 0 aromatic carbocycles. The van der Waals surface area contributed by atoms with Gasteiger partial charge in [0.25, 0.3) is 0 Å². The third-order valence-corrected chi connectivity index (χ3v) is 1.43. The van der Waals surface area contributed by atoms with Gasteiger partial charge in [0.2, 0.25) is 0 Å². The van der Waals surface area contributed by atoms with E-state index in [9.17, 15) is 0 Å². The number of hydrogen-bond acceptors (Lipinski definition) is 1. The Labute approximate surface area is 59.1 Å². The van der Waals surface area contributed by atoms with E-state index in [-0.39, 0.29) is 0 Å². The average Bonchev–Trinajstić information content (AvgIpc) is 1.80. The molecule has 48 valence electrons. The summed E-state index contributed by atoms with van der Waals surface area (Å²) in [4.78, 5) is 3.91. The average molecular weight is 144 g/mol. The first-order valence-corrected chi connectivity index (χ1v) is 3.06. The van der Waals surface area contributed by atoms with Crippen LogP contribution in [0, 0.1) is 6.92 Å².